The SMILES string of the molecule is CNC(CCC1CCC(F)(F)C1)c1ccccc1. The van der Waals surface area contributed by atoms with E-state index in [4.69, 9.17) is 0 Å². The molecule has 0 spiro atoms. The largest absolute Gasteiger partial charge is 0.313 e. The summed E-state index contributed by atoms with van der Waals surface area (Å²) in [5, 5.41) is 3.28. The van der Waals surface area contributed by atoms with Crippen molar-refractivity contribution in [1.82, 2.24) is 5.32 Å². The van der Waals surface area contributed by atoms with E-state index < -0.39 is 5.92 Å². The van der Waals surface area contributed by atoms with Crippen LogP contribution < -0.4 is 5.32 Å². The third kappa shape index (κ3) is 3.52. The topological polar surface area (TPSA) is 12.0 Å². The van der Waals surface area contributed by atoms with E-state index in [0.717, 1.165) is 12.8 Å². The molecule has 1 nitrogen and oxygen atoms in total. The van der Waals surface area contributed by atoms with Gasteiger partial charge in [0.2, 0.25) is 5.92 Å². The zero-order valence-corrected chi connectivity index (χ0v) is 10.8. The quantitative estimate of drug-likeness (QED) is 0.830. The Bertz CT molecular complexity index is 364. The molecule has 0 bridgehead atoms. The molecule has 0 heterocycles. The van der Waals surface area contributed by atoms with Gasteiger partial charge in [-0.3, -0.25) is 0 Å². The molecule has 0 saturated heterocycles. The molecule has 0 radical (unpaired) electrons. The van der Waals surface area contributed by atoms with Crippen LogP contribution in [0.3, 0.4) is 0 Å². The van der Waals surface area contributed by atoms with E-state index in [1.54, 1.807) is 0 Å². The van der Waals surface area contributed by atoms with E-state index >= 15 is 0 Å². The number of nitrogens with one attached hydrogen (secondary N) is 1. The molecule has 1 aromatic carbocycles. The average molecular weight is 253 g/mol. The van der Waals surface area contributed by atoms with Crippen molar-refractivity contribution in [3.63, 3.8) is 0 Å². The number of rotatable bonds is 5. The second-order valence-corrected chi connectivity index (χ2v) is 5.29. The first-order chi connectivity index (χ1) is 8.61. The highest BCUT2D eigenvalue weighted by molar-refractivity contribution is 5.18. The summed E-state index contributed by atoms with van der Waals surface area (Å²) in [6.45, 7) is 0. The molecule has 2 rings (SSSR count). The van der Waals surface area contributed by atoms with Crippen LogP contribution in [0, 0.1) is 5.92 Å². The summed E-state index contributed by atoms with van der Waals surface area (Å²) in [6, 6.07) is 10.5. The van der Waals surface area contributed by atoms with Crippen molar-refractivity contribution in [2.24, 2.45) is 5.92 Å². The monoisotopic (exact) mass is 253 g/mol. The van der Waals surface area contributed by atoms with Crippen LogP contribution in [0.15, 0.2) is 30.3 Å². The van der Waals surface area contributed by atoms with Gasteiger partial charge in [0.1, 0.15) is 0 Å². The summed E-state index contributed by atoms with van der Waals surface area (Å²) in [4.78, 5) is 0. The van der Waals surface area contributed by atoms with Crippen molar-refractivity contribution in [3.05, 3.63) is 35.9 Å². The molecule has 1 N–H and O–H groups in total. The first kappa shape index (κ1) is 13.5. The second kappa shape index (κ2) is 5.79. The summed E-state index contributed by atoms with van der Waals surface area (Å²) < 4.78 is 26.2. The van der Waals surface area contributed by atoms with Crippen molar-refractivity contribution >= 4 is 0 Å². The van der Waals surface area contributed by atoms with Crippen molar-refractivity contribution in [2.75, 3.05) is 7.05 Å². The minimum Gasteiger partial charge on any atom is -0.313 e. The summed E-state index contributed by atoms with van der Waals surface area (Å²) in [5.41, 5.74) is 1.24. The lowest BCUT2D eigenvalue weighted by Crippen LogP contribution is -2.17. The Labute approximate surface area is 108 Å². The third-order valence-corrected chi connectivity index (χ3v) is 3.92. The van der Waals surface area contributed by atoms with Crippen LogP contribution in [0.2, 0.25) is 0 Å². The Kier molecular flexibility index (Phi) is 4.33. The Balaban J connectivity index is 1.85. The number of alkyl halides is 2. The smallest absolute Gasteiger partial charge is 0.248 e. The average Bonchev–Trinajstić information content (AvgIpc) is 2.71. The number of hydrogen-bond acceptors (Lipinski definition) is 1. The van der Waals surface area contributed by atoms with Gasteiger partial charge in [-0.05, 0) is 37.8 Å². The molecule has 0 aromatic heterocycles. The maximum Gasteiger partial charge on any atom is 0.248 e. The lowest BCUT2D eigenvalue weighted by Gasteiger charge is -2.19. The molecule has 1 aliphatic rings. The molecule has 1 aromatic rings. The normalized spacial score (nSPS) is 24.1. The van der Waals surface area contributed by atoms with Crippen molar-refractivity contribution < 1.29 is 8.78 Å². The zero-order chi connectivity index (χ0) is 13.0. The minimum atomic E-state index is -2.41. The van der Waals surface area contributed by atoms with Crippen molar-refractivity contribution in [2.45, 2.75) is 44.1 Å². The number of benzene rings is 1. The predicted octanol–water partition coefficient (Wildman–Crippen LogP) is 4.16. The van der Waals surface area contributed by atoms with Gasteiger partial charge in [0, 0.05) is 18.9 Å². The van der Waals surface area contributed by atoms with Gasteiger partial charge >= 0.3 is 0 Å². The molecule has 1 saturated carbocycles. The van der Waals surface area contributed by atoms with Crippen LogP contribution in [0.25, 0.3) is 0 Å². The highest BCUT2D eigenvalue weighted by Crippen LogP contribution is 2.41. The van der Waals surface area contributed by atoms with Gasteiger partial charge in [0.25, 0.3) is 0 Å². The van der Waals surface area contributed by atoms with Gasteiger partial charge in [0.15, 0.2) is 0 Å². The van der Waals surface area contributed by atoms with E-state index in [2.05, 4.69) is 17.4 Å². The van der Waals surface area contributed by atoms with E-state index in [9.17, 15) is 8.78 Å². The summed E-state index contributed by atoms with van der Waals surface area (Å²) >= 11 is 0. The fourth-order valence-corrected chi connectivity index (χ4v) is 2.85. The third-order valence-electron chi connectivity index (χ3n) is 3.92. The Hall–Kier alpha value is -0.960. The van der Waals surface area contributed by atoms with Gasteiger partial charge in [-0.1, -0.05) is 30.3 Å². The van der Waals surface area contributed by atoms with Gasteiger partial charge in [-0.15, -0.1) is 0 Å². The Morgan fingerprint density at radius 1 is 1.33 bits per heavy atom. The Morgan fingerprint density at radius 3 is 2.61 bits per heavy atom. The van der Waals surface area contributed by atoms with Crippen molar-refractivity contribution in [1.29, 1.82) is 0 Å². The van der Waals surface area contributed by atoms with E-state index in [0.29, 0.717) is 6.42 Å². The van der Waals surface area contributed by atoms with Crippen LogP contribution >= 0.6 is 0 Å². The highest BCUT2D eigenvalue weighted by atomic mass is 19.3. The van der Waals surface area contributed by atoms with Crippen LogP contribution in [0.1, 0.15) is 43.7 Å². The standard InChI is InChI=1S/C15H21F2N/c1-18-14(13-5-3-2-4-6-13)8-7-12-9-10-15(16,17)11-12/h2-6,12,14,18H,7-11H2,1H3. The summed E-state index contributed by atoms with van der Waals surface area (Å²) in [5.74, 6) is -2.22. The van der Waals surface area contributed by atoms with Gasteiger partial charge in [-0.25, -0.2) is 8.78 Å². The maximum absolute atomic E-state index is 13.1. The molecule has 3 heteroatoms. The first-order valence-electron chi connectivity index (χ1n) is 6.71. The van der Waals surface area contributed by atoms with E-state index in [-0.39, 0.29) is 24.8 Å². The molecule has 1 fully saturated rings. The number of hydrogen-bond donors (Lipinski definition) is 1. The molecule has 0 amide bonds. The molecule has 2 atom stereocenters. The van der Waals surface area contributed by atoms with Gasteiger partial charge in [0.05, 0.1) is 0 Å². The van der Waals surface area contributed by atoms with Crippen molar-refractivity contribution in [3.8, 4) is 0 Å². The van der Waals surface area contributed by atoms with Crippen LogP contribution in [0.4, 0.5) is 8.78 Å². The molecular weight excluding hydrogens is 232 g/mol. The van der Waals surface area contributed by atoms with Crippen LogP contribution in [-0.4, -0.2) is 13.0 Å². The van der Waals surface area contributed by atoms with Gasteiger partial charge < -0.3 is 5.32 Å². The summed E-state index contributed by atoms with van der Waals surface area (Å²) in [6.07, 6.45) is 2.65. The zero-order valence-electron chi connectivity index (χ0n) is 10.8. The maximum atomic E-state index is 13.1. The molecular formula is C15H21F2N. The fraction of sp³-hybridized carbons (Fsp3) is 0.600. The first-order valence-corrected chi connectivity index (χ1v) is 6.71. The van der Waals surface area contributed by atoms with E-state index in [1.165, 1.54) is 5.56 Å². The lowest BCUT2D eigenvalue weighted by atomic mass is 9.95. The molecule has 100 valence electrons. The molecule has 1 aliphatic carbocycles. The van der Waals surface area contributed by atoms with Crippen LogP contribution in [0.5, 0.6) is 0 Å². The fourth-order valence-electron chi connectivity index (χ4n) is 2.85. The van der Waals surface area contributed by atoms with E-state index in [1.807, 2.05) is 25.2 Å². The molecule has 2 unspecified atom stereocenters. The Morgan fingerprint density at radius 2 is 2.06 bits per heavy atom. The molecule has 0 aliphatic heterocycles. The molecule has 18 heavy (non-hydrogen) atoms. The second-order valence-electron chi connectivity index (χ2n) is 5.29. The highest BCUT2D eigenvalue weighted by Gasteiger charge is 2.39. The lowest BCUT2D eigenvalue weighted by molar-refractivity contribution is 0.00454. The minimum absolute atomic E-state index is 0.0766. The predicted molar refractivity (Wildman–Crippen MR) is 69.8 cm³/mol. The van der Waals surface area contributed by atoms with Gasteiger partial charge in [-0.2, -0.15) is 0 Å². The summed E-state index contributed by atoms with van der Waals surface area (Å²) in [7, 11) is 1.93. The van der Waals surface area contributed by atoms with Crippen LogP contribution in [-0.2, 0) is 0 Å². The number of halogens is 2.